The van der Waals surface area contributed by atoms with E-state index in [9.17, 15) is 18.4 Å². The highest BCUT2D eigenvalue weighted by Gasteiger charge is 2.51. The van der Waals surface area contributed by atoms with E-state index in [1.807, 2.05) is 0 Å². The molecule has 0 aromatic carbocycles. The molecule has 0 aliphatic carbocycles. The van der Waals surface area contributed by atoms with Gasteiger partial charge in [-0.25, -0.2) is 18.4 Å². The molecule has 1 rings (SSSR count). The average molecular weight is 279 g/mol. The summed E-state index contributed by atoms with van der Waals surface area (Å²) in [7, 11) is 0. The first-order valence-electron chi connectivity index (χ1n) is 6.10. The predicted octanol–water partition coefficient (Wildman–Crippen LogP) is 2.19. The van der Waals surface area contributed by atoms with Crippen molar-refractivity contribution in [3.8, 4) is 0 Å². The first-order valence-corrected chi connectivity index (χ1v) is 6.10. The summed E-state index contributed by atoms with van der Waals surface area (Å²) in [4.78, 5) is 24.2. The largest absolute Gasteiger partial charge is 0.464 e. The van der Waals surface area contributed by atoms with Gasteiger partial charge in [-0.1, -0.05) is 0 Å². The van der Waals surface area contributed by atoms with Crippen molar-refractivity contribution < 1.29 is 27.8 Å². The lowest BCUT2D eigenvalue weighted by molar-refractivity contribution is -0.148. The van der Waals surface area contributed by atoms with Gasteiger partial charge >= 0.3 is 12.1 Å². The number of likely N-dealkylation sites (tertiary alicyclic amines) is 1. The van der Waals surface area contributed by atoms with Gasteiger partial charge in [0.15, 0.2) is 0 Å². The van der Waals surface area contributed by atoms with Crippen LogP contribution < -0.4 is 0 Å². The van der Waals surface area contributed by atoms with Gasteiger partial charge in [-0.05, 0) is 27.7 Å². The molecule has 1 heterocycles. The standard InChI is InChI=1S/C12H19F2NO4/c1-5-18-9(16)8-6-12(13,14)7-15(8)10(17)19-11(2,3)4/h8H,5-7H2,1-4H3. The Labute approximate surface area is 110 Å². The zero-order chi connectivity index (χ0) is 14.8. The molecular weight excluding hydrogens is 260 g/mol. The Bertz CT molecular complexity index is 365. The van der Waals surface area contributed by atoms with E-state index in [4.69, 9.17) is 9.47 Å². The molecule has 0 N–H and O–H groups in total. The molecule has 0 bridgehead atoms. The second-order valence-electron chi connectivity index (χ2n) is 5.44. The zero-order valence-electron chi connectivity index (χ0n) is 11.5. The Morgan fingerprint density at radius 1 is 1.37 bits per heavy atom. The Morgan fingerprint density at radius 3 is 2.42 bits per heavy atom. The topological polar surface area (TPSA) is 55.8 Å². The molecule has 1 saturated heterocycles. The molecule has 0 radical (unpaired) electrons. The highest BCUT2D eigenvalue weighted by Crippen LogP contribution is 2.33. The predicted molar refractivity (Wildman–Crippen MR) is 62.9 cm³/mol. The average Bonchev–Trinajstić information content (AvgIpc) is 2.52. The number of esters is 1. The summed E-state index contributed by atoms with van der Waals surface area (Å²) in [5.74, 6) is -3.93. The SMILES string of the molecule is CCOC(=O)C1CC(F)(F)CN1C(=O)OC(C)(C)C. The number of ether oxygens (including phenoxy) is 2. The molecule has 1 aliphatic rings. The summed E-state index contributed by atoms with van der Waals surface area (Å²) in [6.45, 7) is 5.69. The third-order valence-corrected chi connectivity index (χ3v) is 2.46. The normalized spacial score (nSPS) is 22.2. The van der Waals surface area contributed by atoms with E-state index in [0.717, 1.165) is 4.90 Å². The molecule has 1 aliphatic heterocycles. The third-order valence-electron chi connectivity index (χ3n) is 2.46. The zero-order valence-corrected chi connectivity index (χ0v) is 11.5. The van der Waals surface area contributed by atoms with Crippen LogP contribution in [0.1, 0.15) is 34.1 Å². The van der Waals surface area contributed by atoms with Crippen LogP contribution in [0.15, 0.2) is 0 Å². The van der Waals surface area contributed by atoms with E-state index in [1.54, 1.807) is 27.7 Å². The third kappa shape index (κ3) is 4.33. The summed E-state index contributed by atoms with van der Waals surface area (Å²) >= 11 is 0. The van der Waals surface area contributed by atoms with E-state index >= 15 is 0 Å². The summed E-state index contributed by atoms with van der Waals surface area (Å²) in [6, 6.07) is -1.29. The van der Waals surface area contributed by atoms with Gasteiger partial charge in [0.05, 0.1) is 13.2 Å². The van der Waals surface area contributed by atoms with Gasteiger partial charge in [0, 0.05) is 6.42 Å². The number of rotatable bonds is 2. The number of nitrogens with zero attached hydrogens (tertiary/aromatic N) is 1. The van der Waals surface area contributed by atoms with E-state index in [0.29, 0.717) is 0 Å². The van der Waals surface area contributed by atoms with Crippen LogP contribution in [0.4, 0.5) is 13.6 Å². The van der Waals surface area contributed by atoms with Gasteiger partial charge in [0.1, 0.15) is 11.6 Å². The fourth-order valence-corrected chi connectivity index (χ4v) is 1.78. The molecule has 7 heteroatoms. The second-order valence-corrected chi connectivity index (χ2v) is 5.44. The van der Waals surface area contributed by atoms with Crippen molar-refractivity contribution in [1.29, 1.82) is 0 Å². The molecule has 110 valence electrons. The maximum Gasteiger partial charge on any atom is 0.411 e. The molecule has 1 amide bonds. The highest BCUT2D eigenvalue weighted by molar-refractivity contribution is 5.82. The molecule has 0 aromatic heterocycles. The van der Waals surface area contributed by atoms with Gasteiger partial charge in [0.25, 0.3) is 5.92 Å². The lowest BCUT2D eigenvalue weighted by Gasteiger charge is -2.27. The lowest BCUT2D eigenvalue weighted by Crippen LogP contribution is -2.44. The minimum Gasteiger partial charge on any atom is -0.464 e. The fourth-order valence-electron chi connectivity index (χ4n) is 1.78. The van der Waals surface area contributed by atoms with Crippen LogP contribution in [-0.4, -0.2) is 47.7 Å². The molecule has 0 spiro atoms. The Kier molecular flexibility index (Phi) is 4.37. The molecule has 1 fully saturated rings. The molecule has 0 saturated carbocycles. The van der Waals surface area contributed by atoms with Gasteiger partial charge < -0.3 is 9.47 Å². The number of carbonyl (C=O) groups excluding carboxylic acids is 2. The van der Waals surface area contributed by atoms with Crippen LogP contribution in [0, 0.1) is 0 Å². The summed E-state index contributed by atoms with van der Waals surface area (Å²) in [6.07, 6.45) is -1.66. The maximum absolute atomic E-state index is 13.4. The van der Waals surface area contributed by atoms with Crippen molar-refractivity contribution in [3.63, 3.8) is 0 Å². The number of hydrogen-bond acceptors (Lipinski definition) is 4. The smallest absolute Gasteiger partial charge is 0.411 e. The van der Waals surface area contributed by atoms with Crippen LogP contribution in [0.3, 0.4) is 0 Å². The number of hydrogen-bond donors (Lipinski definition) is 0. The summed E-state index contributed by atoms with van der Waals surface area (Å²) in [5, 5.41) is 0. The van der Waals surface area contributed by atoms with Crippen molar-refractivity contribution >= 4 is 12.1 Å². The minimum absolute atomic E-state index is 0.0725. The van der Waals surface area contributed by atoms with Gasteiger partial charge in [-0.15, -0.1) is 0 Å². The van der Waals surface area contributed by atoms with Crippen LogP contribution in [0.25, 0.3) is 0 Å². The Hall–Kier alpha value is -1.40. The molecule has 1 unspecified atom stereocenters. The quantitative estimate of drug-likeness (QED) is 0.727. The van der Waals surface area contributed by atoms with Gasteiger partial charge in [-0.3, -0.25) is 4.90 Å². The molecule has 5 nitrogen and oxygen atoms in total. The van der Waals surface area contributed by atoms with Crippen LogP contribution in [-0.2, 0) is 14.3 Å². The minimum atomic E-state index is -3.10. The Morgan fingerprint density at radius 2 is 1.95 bits per heavy atom. The number of carbonyl (C=O) groups is 2. The van der Waals surface area contributed by atoms with Crippen molar-refractivity contribution in [2.75, 3.05) is 13.2 Å². The van der Waals surface area contributed by atoms with Crippen molar-refractivity contribution in [1.82, 2.24) is 4.90 Å². The summed E-state index contributed by atoms with van der Waals surface area (Å²) in [5.41, 5.74) is -0.811. The van der Waals surface area contributed by atoms with Gasteiger partial charge in [0.2, 0.25) is 0 Å². The fraction of sp³-hybridized carbons (Fsp3) is 0.833. The van der Waals surface area contributed by atoms with Crippen LogP contribution in [0.5, 0.6) is 0 Å². The van der Waals surface area contributed by atoms with E-state index in [-0.39, 0.29) is 6.61 Å². The van der Waals surface area contributed by atoms with Crippen molar-refractivity contribution in [2.45, 2.75) is 51.7 Å². The number of alkyl halides is 2. The number of halogens is 2. The van der Waals surface area contributed by atoms with E-state index in [2.05, 4.69) is 0 Å². The maximum atomic E-state index is 13.4. The van der Waals surface area contributed by atoms with E-state index < -0.39 is 42.6 Å². The lowest BCUT2D eigenvalue weighted by atomic mass is 10.2. The van der Waals surface area contributed by atoms with Crippen molar-refractivity contribution in [2.24, 2.45) is 0 Å². The van der Waals surface area contributed by atoms with Gasteiger partial charge in [-0.2, -0.15) is 0 Å². The van der Waals surface area contributed by atoms with Crippen LogP contribution >= 0.6 is 0 Å². The Balaban J connectivity index is 2.83. The monoisotopic (exact) mass is 279 g/mol. The second kappa shape index (κ2) is 5.30. The molecule has 0 aromatic rings. The number of amides is 1. The van der Waals surface area contributed by atoms with E-state index in [1.165, 1.54) is 0 Å². The first kappa shape index (κ1) is 15.7. The van der Waals surface area contributed by atoms with Crippen molar-refractivity contribution in [3.05, 3.63) is 0 Å². The first-order chi connectivity index (χ1) is 8.56. The molecule has 19 heavy (non-hydrogen) atoms. The highest BCUT2D eigenvalue weighted by atomic mass is 19.3. The van der Waals surface area contributed by atoms with Crippen LogP contribution in [0.2, 0.25) is 0 Å². The molecule has 1 atom stereocenters. The molecular formula is C12H19F2NO4. The summed E-state index contributed by atoms with van der Waals surface area (Å²) < 4.78 is 36.5.